The van der Waals surface area contributed by atoms with Gasteiger partial charge in [0.2, 0.25) is 0 Å². The summed E-state index contributed by atoms with van der Waals surface area (Å²) in [6, 6.07) is 7.84. The molecule has 0 radical (unpaired) electrons. The zero-order chi connectivity index (χ0) is 9.84. The minimum Gasteiger partial charge on any atom is -0.469 e. The first kappa shape index (κ1) is 9.78. The van der Waals surface area contributed by atoms with Crippen LogP contribution in [-0.4, -0.2) is 13.1 Å². The van der Waals surface area contributed by atoms with Crippen LogP contribution in [0.1, 0.15) is 24.0 Å². The van der Waals surface area contributed by atoms with E-state index in [0.29, 0.717) is 0 Å². The highest BCUT2D eigenvalue weighted by molar-refractivity contribution is 5.77. The van der Waals surface area contributed by atoms with Crippen LogP contribution in [0.3, 0.4) is 0 Å². The Morgan fingerprint density at radius 2 is 2.00 bits per heavy atom. The number of ether oxygens (including phenoxy) is 1. The van der Waals surface area contributed by atoms with Gasteiger partial charge < -0.3 is 4.74 Å². The Balaban J connectivity index is 2.95. The number of methoxy groups -OCH3 is 1. The van der Waals surface area contributed by atoms with Crippen LogP contribution in [0.25, 0.3) is 0 Å². The molecule has 1 rings (SSSR count). The van der Waals surface area contributed by atoms with Crippen molar-refractivity contribution in [1.29, 1.82) is 0 Å². The molecule has 0 aliphatic carbocycles. The van der Waals surface area contributed by atoms with Gasteiger partial charge in [-0.15, -0.1) is 0 Å². The van der Waals surface area contributed by atoms with Gasteiger partial charge in [-0.3, -0.25) is 4.79 Å². The van der Waals surface area contributed by atoms with Gasteiger partial charge in [-0.1, -0.05) is 24.3 Å². The first-order valence-electron chi connectivity index (χ1n) is 4.30. The van der Waals surface area contributed by atoms with E-state index in [-0.39, 0.29) is 11.9 Å². The minimum absolute atomic E-state index is 0.175. The van der Waals surface area contributed by atoms with E-state index in [2.05, 4.69) is 4.74 Å². The highest BCUT2D eigenvalue weighted by Gasteiger charge is 2.16. The highest BCUT2D eigenvalue weighted by Crippen LogP contribution is 2.19. The van der Waals surface area contributed by atoms with Gasteiger partial charge in [0.1, 0.15) is 0 Å². The number of benzene rings is 1. The normalized spacial score (nSPS) is 12.2. The molecule has 0 heterocycles. The van der Waals surface area contributed by atoms with E-state index in [1.165, 1.54) is 7.11 Å². The van der Waals surface area contributed by atoms with Crippen molar-refractivity contribution in [3.05, 3.63) is 35.4 Å². The van der Waals surface area contributed by atoms with Crippen LogP contribution < -0.4 is 0 Å². The summed E-state index contributed by atoms with van der Waals surface area (Å²) in [6.07, 6.45) is 0. The fourth-order valence-corrected chi connectivity index (χ4v) is 1.38. The summed E-state index contributed by atoms with van der Waals surface area (Å²) in [7, 11) is 1.41. The molecule has 1 aromatic rings. The number of carbonyl (C=O) groups is 1. The second-order valence-corrected chi connectivity index (χ2v) is 3.10. The molecular weight excluding hydrogens is 164 g/mol. The largest absolute Gasteiger partial charge is 0.469 e. The Labute approximate surface area is 78.5 Å². The second kappa shape index (κ2) is 4.08. The summed E-state index contributed by atoms with van der Waals surface area (Å²) in [5.41, 5.74) is 2.16. The molecule has 0 spiro atoms. The van der Waals surface area contributed by atoms with Crippen molar-refractivity contribution in [3.8, 4) is 0 Å². The van der Waals surface area contributed by atoms with E-state index < -0.39 is 0 Å². The monoisotopic (exact) mass is 178 g/mol. The van der Waals surface area contributed by atoms with Crippen LogP contribution in [0, 0.1) is 6.92 Å². The number of rotatable bonds is 2. The van der Waals surface area contributed by atoms with E-state index >= 15 is 0 Å². The molecule has 0 aliphatic rings. The molecule has 0 aliphatic heterocycles. The third kappa shape index (κ3) is 2.08. The molecule has 1 unspecified atom stereocenters. The van der Waals surface area contributed by atoms with Crippen molar-refractivity contribution in [2.75, 3.05) is 7.11 Å². The molecule has 2 heteroatoms. The van der Waals surface area contributed by atoms with Crippen LogP contribution in [0.2, 0.25) is 0 Å². The summed E-state index contributed by atoms with van der Waals surface area (Å²) in [6.45, 7) is 3.85. The molecular formula is C11H14O2. The van der Waals surface area contributed by atoms with E-state index in [4.69, 9.17) is 0 Å². The SMILES string of the molecule is COC(=O)C(C)c1ccccc1C. The van der Waals surface area contributed by atoms with E-state index in [1.807, 2.05) is 38.1 Å². The molecule has 70 valence electrons. The van der Waals surface area contributed by atoms with Crippen LogP contribution in [0.5, 0.6) is 0 Å². The molecule has 0 aromatic heterocycles. The lowest BCUT2D eigenvalue weighted by atomic mass is 9.97. The highest BCUT2D eigenvalue weighted by atomic mass is 16.5. The van der Waals surface area contributed by atoms with Gasteiger partial charge in [-0.05, 0) is 25.0 Å². The van der Waals surface area contributed by atoms with Gasteiger partial charge in [0.05, 0.1) is 13.0 Å². The maximum Gasteiger partial charge on any atom is 0.312 e. The average Bonchev–Trinajstić information content (AvgIpc) is 2.16. The standard InChI is InChI=1S/C11H14O2/c1-8-6-4-5-7-10(8)9(2)11(12)13-3/h4-7,9H,1-3H3. The lowest BCUT2D eigenvalue weighted by molar-refractivity contribution is -0.142. The Morgan fingerprint density at radius 3 is 2.54 bits per heavy atom. The van der Waals surface area contributed by atoms with Crippen LogP contribution in [0.4, 0.5) is 0 Å². The van der Waals surface area contributed by atoms with Gasteiger partial charge in [-0.25, -0.2) is 0 Å². The van der Waals surface area contributed by atoms with E-state index in [0.717, 1.165) is 11.1 Å². The second-order valence-electron chi connectivity index (χ2n) is 3.10. The van der Waals surface area contributed by atoms with Crippen LogP contribution >= 0.6 is 0 Å². The van der Waals surface area contributed by atoms with Crippen molar-refractivity contribution < 1.29 is 9.53 Å². The van der Waals surface area contributed by atoms with E-state index in [1.54, 1.807) is 0 Å². The fourth-order valence-electron chi connectivity index (χ4n) is 1.38. The molecule has 0 bridgehead atoms. The Kier molecular flexibility index (Phi) is 3.07. The van der Waals surface area contributed by atoms with E-state index in [9.17, 15) is 4.79 Å². The number of carbonyl (C=O) groups excluding carboxylic acids is 1. The molecule has 0 amide bonds. The third-order valence-corrected chi connectivity index (χ3v) is 2.21. The molecule has 2 nitrogen and oxygen atoms in total. The molecule has 0 saturated heterocycles. The lowest BCUT2D eigenvalue weighted by Gasteiger charge is -2.11. The van der Waals surface area contributed by atoms with Gasteiger partial charge in [0.25, 0.3) is 0 Å². The summed E-state index contributed by atoms with van der Waals surface area (Å²) < 4.78 is 4.68. The number of aryl methyl sites for hydroxylation is 1. The smallest absolute Gasteiger partial charge is 0.312 e. The molecule has 1 atom stereocenters. The molecule has 13 heavy (non-hydrogen) atoms. The van der Waals surface area contributed by atoms with Crippen molar-refractivity contribution in [2.45, 2.75) is 19.8 Å². The van der Waals surface area contributed by atoms with Gasteiger partial charge in [-0.2, -0.15) is 0 Å². The van der Waals surface area contributed by atoms with Gasteiger partial charge in [0.15, 0.2) is 0 Å². The predicted molar refractivity (Wildman–Crippen MR) is 51.6 cm³/mol. The molecule has 0 saturated carbocycles. The number of hydrogen-bond donors (Lipinski definition) is 0. The lowest BCUT2D eigenvalue weighted by Crippen LogP contribution is -2.11. The first-order chi connectivity index (χ1) is 6.16. The molecule has 0 fully saturated rings. The average molecular weight is 178 g/mol. The Hall–Kier alpha value is -1.31. The quantitative estimate of drug-likeness (QED) is 0.649. The Bertz CT molecular complexity index is 305. The summed E-state index contributed by atoms with van der Waals surface area (Å²) in [4.78, 5) is 11.2. The van der Waals surface area contributed by atoms with Crippen molar-refractivity contribution in [1.82, 2.24) is 0 Å². The maximum absolute atomic E-state index is 11.2. The minimum atomic E-state index is -0.186. The Morgan fingerprint density at radius 1 is 1.38 bits per heavy atom. The van der Waals surface area contributed by atoms with Crippen molar-refractivity contribution in [3.63, 3.8) is 0 Å². The first-order valence-corrected chi connectivity index (χ1v) is 4.30. The summed E-state index contributed by atoms with van der Waals surface area (Å²) in [5, 5.41) is 0. The topological polar surface area (TPSA) is 26.3 Å². The van der Waals surface area contributed by atoms with Crippen LogP contribution in [-0.2, 0) is 9.53 Å². The number of esters is 1. The molecule has 1 aromatic carbocycles. The summed E-state index contributed by atoms with van der Waals surface area (Å²) in [5.74, 6) is -0.361. The number of hydrogen-bond acceptors (Lipinski definition) is 2. The maximum atomic E-state index is 11.2. The zero-order valence-corrected chi connectivity index (χ0v) is 8.20. The van der Waals surface area contributed by atoms with Crippen molar-refractivity contribution in [2.24, 2.45) is 0 Å². The van der Waals surface area contributed by atoms with Gasteiger partial charge in [0, 0.05) is 0 Å². The van der Waals surface area contributed by atoms with Gasteiger partial charge >= 0.3 is 5.97 Å². The molecule has 0 N–H and O–H groups in total. The summed E-state index contributed by atoms with van der Waals surface area (Å²) >= 11 is 0. The van der Waals surface area contributed by atoms with Crippen molar-refractivity contribution >= 4 is 5.97 Å². The predicted octanol–water partition coefficient (Wildman–Crippen LogP) is 2.27. The third-order valence-electron chi connectivity index (χ3n) is 2.21. The fraction of sp³-hybridized carbons (Fsp3) is 0.364. The van der Waals surface area contributed by atoms with Crippen LogP contribution in [0.15, 0.2) is 24.3 Å². The zero-order valence-electron chi connectivity index (χ0n) is 8.20.